The highest BCUT2D eigenvalue weighted by atomic mass is 35.5. The fourth-order valence-corrected chi connectivity index (χ4v) is 3.35. The normalized spacial score (nSPS) is 13.2. The van der Waals surface area contributed by atoms with Gasteiger partial charge in [-0.25, -0.2) is 0 Å². The Morgan fingerprint density at radius 2 is 1.69 bits per heavy atom. The van der Waals surface area contributed by atoms with Crippen molar-refractivity contribution in [1.82, 2.24) is 0 Å². The Balaban J connectivity index is 2.37. The van der Waals surface area contributed by atoms with Crippen LogP contribution in [-0.4, -0.2) is 6.23 Å². The van der Waals surface area contributed by atoms with Crippen molar-refractivity contribution in [3.05, 3.63) is 58.6 Å². The lowest BCUT2D eigenvalue weighted by Gasteiger charge is -2.32. The van der Waals surface area contributed by atoms with Crippen LogP contribution >= 0.6 is 11.6 Å². The van der Waals surface area contributed by atoms with Crippen molar-refractivity contribution in [3.63, 3.8) is 0 Å². The van der Waals surface area contributed by atoms with Crippen LogP contribution in [-0.2, 0) is 10.8 Å². The van der Waals surface area contributed by atoms with Gasteiger partial charge in [0, 0.05) is 28.8 Å². The molecule has 1 unspecified atom stereocenters. The third kappa shape index (κ3) is 6.15. The molecule has 0 aromatic heterocycles. The summed E-state index contributed by atoms with van der Waals surface area (Å²) in [5.74, 6) is 0.969. The summed E-state index contributed by atoms with van der Waals surface area (Å²) in [5, 5.41) is 4.11. The molecule has 0 aliphatic heterocycles. The van der Waals surface area contributed by atoms with Gasteiger partial charge in [-0.05, 0) is 53.5 Å². The van der Waals surface area contributed by atoms with Crippen molar-refractivity contribution in [2.75, 3.05) is 5.32 Å². The third-order valence-electron chi connectivity index (χ3n) is 6.18. The van der Waals surface area contributed by atoms with Gasteiger partial charge < -0.3 is 10.1 Å². The Bertz CT molecular complexity index is 780. The molecule has 0 bridgehead atoms. The Kier molecular flexibility index (Phi) is 8.05. The standard InChI is InChI=1S/C26H37ClNO/c1-8-11-24(28-21-15-13-20(27)14-16-21)29-23-17-12-19(25(4,5)9-2)18-22(23)26(6,7)10-3/h12-13,15-18,24,28H,8-11H2,1-7H3. The van der Waals surface area contributed by atoms with E-state index in [2.05, 4.69) is 78.0 Å². The monoisotopic (exact) mass is 414 g/mol. The summed E-state index contributed by atoms with van der Waals surface area (Å²) in [6, 6.07) is 15.5. The molecular formula is C26H37ClNO. The van der Waals surface area contributed by atoms with E-state index in [-0.39, 0.29) is 17.1 Å². The SMILES string of the molecule is CCCC(Nc1c[c]c(Cl)cc1)Oc1ccc(C(C)(C)CC)cc1C(C)(C)CC. The van der Waals surface area contributed by atoms with E-state index < -0.39 is 0 Å². The van der Waals surface area contributed by atoms with Crippen LogP contribution in [0.1, 0.15) is 85.3 Å². The lowest BCUT2D eigenvalue weighted by Crippen LogP contribution is -2.28. The van der Waals surface area contributed by atoms with E-state index in [9.17, 15) is 0 Å². The van der Waals surface area contributed by atoms with Gasteiger partial charge in [-0.15, -0.1) is 0 Å². The van der Waals surface area contributed by atoms with Crippen molar-refractivity contribution in [1.29, 1.82) is 0 Å². The summed E-state index contributed by atoms with van der Waals surface area (Å²) in [7, 11) is 0. The molecule has 2 aromatic rings. The fourth-order valence-electron chi connectivity index (χ4n) is 3.23. The molecule has 1 radical (unpaired) electrons. The third-order valence-corrected chi connectivity index (χ3v) is 6.42. The number of rotatable bonds is 10. The van der Waals surface area contributed by atoms with Gasteiger partial charge in [0.05, 0.1) is 0 Å². The predicted octanol–water partition coefficient (Wildman–Crippen LogP) is 8.13. The number of hydrogen-bond donors (Lipinski definition) is 1. The second-order valence-electron chi connectivity index (χ2n) is 9.15. The first kappa shape index (κ1) is 23.6. The van der Waals surface area contributed by atoms with E-state index in [4.69, 9.17) is 16.3 Å². The van der Waals surface area contributed by atoms with Crippen LogP contribution in [0, 0.1) is 6.07 Å². The fraction of sp³-hybridized carbons (Fsp3) is 0.538. The van der Waals surface area contributed by atoms with E-state index in [1.807, 2.05) is 18.2 Å². The van der Waals surface area contributed by atoms with Crippen LogP contribution in [0.2, 0.25) is 5.02 Å². The smallest absolute Gasteiger partial charge is 0.169 e. The van der Waals surface area contributed by atoms with E-state index in [1.54, 1.807) is 0 Å². The molecule has 2 rings (SSSR count). The number of hydrogen-bond acceptors (Lipinski definition) is 2. The van der Waals surface area contributed by atoms with Crippen molar-refractivity contribution >= 4 is 17.3 Å². The molecule has 0 aliphatic carbocycles. The minimum absolute atomic E-state index is 0.0416. The zero-order valence-electron chi connectivity index (χ0n) is 19.2. The van der Waals surface area contributed by atoms with Gasteiger partial charge in [0.1, 0.15) is 5.75 Å². The van der Waals surface area contributed by atoms with Crippen LogP contribution in [0.3, 0.4) is 0 Å². The maximum Gasteiger partial charge on any atom is 0.169 e. The summed E-state index contributed by atoms with van der Waals surface area (Å²) in [6.45, 7) is 15.9. The summed E-state index contributed by atoms with van der Waals surface area (Å²) in [6.07, 6.45) is 3.99. The highest BCUT2D eigenvalue weighted by Gasteiger charge is 2.27. The highest BCUT2D eigenvalue weighted by Crippen LogP contribution is 2.39. The molecule has 0 saturated carbocycles. The van der Waals surface area contributed by atoms with Crippen molar-refractivity contribution in [2.24, 2.45) is 0 Å². The minimum Gasteiger partial charge on any atom is -0.470 e. The highest BCUT2D eigenvalue weighted by molar-refractivity contribution is 6.30. The molecule has 0 spiro atoms. The van der Waals surface area contributed by atoms with E-state index in [1.165, 1.54) is 11.1 Å². The number of ether oxygens (including phenoxy) is 1. The number of benzene rings is 2. The number of halogens is 1. The van der Waals surface area contributed by atoms with Gasteiger partial charge in [-0.1, -0.05) is 78.6 Å². The molecule has 29 heavy (non-hydrogen) atoms. The molecule has 159 valence electrons. The molecule has 0 fully saturated rings. The quantitative estimate of drug-likeness (QED) is 0.396. The average molecular weight is 415 g/mol. The van der Waals surface area contributed by atoms with Crippen LogP contribution in [0.15, 0.2) is 36.4 Å². The van der Waals surface area contributed by atoms with Gasteiger partial charge in [0.15, 0.2) is 6.23 Å². The van der Waals surface area contributed by atoms with Gasteiger partial charge >= 0.3 is 0 Å². The van der Waals surface area contributed by atoms with E-state index in [0.29, 0.717) is 5.02 Å². The zero-order valence-corrected chi connectivity index (χ0v) is 19.9. The molecule has 0 aliphatic rings. The molecule has 3 heteroatoms. The average Bonchev–Trinajstić information content (AvgIpc) is 2.70. The summed E-state index contributed by atoms with van der Waals surface area (Å²) in [5.41, 5.74) is 3.81. The first-order chi connectivity index (χ1) is 13.6. The first-order valence-electron chi connectivity index (χ1n) is 10.9. The van der Waals surface area contributed by atoms with Crippen LogP contribution in [0.5, 0.6) is 5.75 Å². The molecule has 1 N–H and O–H groups in total. The molecule has 1 atom stereocenters. The topological polar surface area (TPSA) is 21.3 Å². The zero-order chi connectivity index (χ0) is 21.7. The van der Waals surface area contributed by atoms with Gasteiger partial charge in [-0.3, -0.25) is 0 Å². The van der Waals surface area contributed by atoms with Gasteiger partial charge in [0.25, 0.3) is 0 Å². The molecular weight excluding hydrogens is 378 g/mol. The summed E-state index contributed by atoms with van der Waals surface area (Å²) >= 11 is 5.97. The Morgan fingerprint density at radius 3 is 2.24 bits per heavy atom. The van der Waals surface area contributed by atoms with Gasteiger partial charge in [-0.2, -0.15) is 0 Å². The maximum absolute atomic E-state index is 6.55. The van der Waals surface area contributed by atoms with E-state index in [0.717, 1.165) is 37.1 Å². The molecule has 2 aromatic carbocycles. The molecule has 0 heterocycles. The summed E-state index contributed by atoms with van der Waals surface area (Å²) < 4.78 is 6.55. The Morgan fingerprint density at radius 1 is 1.00 bits per heavy atom. The molecule has 0 saturated heterocycles. The second-order valence-corrected chi connectivity index (χ2v) is 9.56. The Labute approximate surface area is 183 Å². The van der Waals surface area contributed by atoms with Crippen LogP contribution in [0.25, 0.3) is 0 Å². The molecule has 2 nitrogen and oxygen atoms in total. The lowest BCUT2D eigenvalue weighted by molar-refractivity contribution is 0.212. The van der Waals surface area contributed by atoms with Gasteiger partial charge in [0.2, 0.25) is 0 Å². The van der Waals surface area contributed by atoms with Crippen molar-refractivity contribution in [3.8, 4) is 5.75 Å². The maximum atomic E-state index is 6.55. The predicted molar refractivity (Wildman–Crippen MR) is 126 cm³/mol. The molecule has 0 amide bonds. The largest absolute Gasteiger partial charge is 0.470 e. The van der Waals surface area contributed by atoms with E-state index >= 15 is 0 Å². The second kappa shape index (κ2) is 9.89. The summed E-state index contributed by atoms with van der Waals surface area (Å²) in [4.78, 5) is 0. The number of anilines is 1. The van der Waals surface area contributed by atoms with Crippen molar-refractivity contribution < 1.29 is 4.74 Å². The minimum atomic E-state index is -0.106. The van der Waals surface area contributed by atoms with Crippen LogP contribution in [0.4, 0.5) is 5.69 Å². The number of nitrogens with one attached hydrogen (secondary N) is 1. The lowest BCUT2D eigenvalue weighted by atomic mass is 9.76. The Hall–Kier alpha value is -1.67. The van der Waals surface area contributed by atoms with Crippen molar-refractivity contribution in [2.45, 2.75) is 91.2 Å². The van der Waals surface area contributed by atoms with Crippen LogP contribution < -0.4 is 10.1 Å². The first-order valence-corrected chi connectivity index (χ1v) is 11.3.